The van der Waals surface area contributed by atoms with E-state index in [-0.39, 0.29) is 17.2 Å². The van der Waals surface area contributed by atoms with Gasteiger partial charge >= 0.3 is 0 Å². The van der Waals surface area contributed by atoms with Crippen LogP contribution in [0.15, 0.2) is 82.7 Å². The van der Waals surface area contributed by atoms with Gasteiger partial charge in [-0.2, -0.15) is 0 Å². The number of carbonyl (C=O) groups excluding carboxylic acids is 1. The van der Waals surface area contributed by atoms with E-state index in [4.69, 9.17) is 4.98 Å². The molecule has 5 aromatic rings. The quantitative estimate of drug-likeness (QED) is 0.283. The molecule has 2 aromatic heterocycles. The third-order valence-corrected chi connectivity index (χ3v) is 7.08. The highest BCUT2D eigenvalue weighted by molar-refractivity contribution is 7.99. The van der Waals surface area contributed by atoms with Crippen molar-refractivity contribution >= 4 is 45.3 Å². The van der Waals surface area contributed by atoms with Gasteiger partial charge in [-0.1, -0.05) is 60.3 Å². The van der Waals surface area contributed by atoms with Crippen molar-refractivity contribution in [3.8, 4) is 5.69 Å². The van der Waals surface area contributed by atoms with Crippen LogP contribution in [0, 0.1) is 13.8 Å². The standard InChI is InChI=1S/C27H24N4O2S/c1-17-10-9-15-22(18(17)2)31-26(33)25-24(20-13-7-8-14-21(20)28-25)29-27(31)34-16-23(32)30(3)19-11-5-4-6-12-19/h4-15,28H,16H2,1-3H3. The molecule has 0 unspecified atom stereocenters. The van der Waals surface area contributed by atoms with Gasteiger partial charge in [0.25, 0.3) is 5.56 Å². The summed E-state index contributed by atoms with van der Waals surface area (Å²) in [5.41, 5.74) is 5.42. The fourth-order valence-electron chi connectivity index (χ4n) is 4.05. The Bertz CT molecular complexity index is 1590. The summed E-state index contributed by atoms with van der Waals surface area (Å²) in [6, 6.07) is 23.1. The van der Waals surface area contributed by atoms with Crippen molar-refractivity contribution in [3.05, 3.63) is 94.3 Å². The number of carbonyl (C=O) groups is 1. The normalized spacial score (nSPS) is 11.3. The molecule has 7 heteroatoms. The first-order chi connectivity index (χ1) is 16.5. The molecule has 0 spiro atoms. The molecule has 0 radical (unpaired) electrons. The van der Waals surface area contributed by atoms with Gasteiger partial charge in [-0.25, -0.2) is 4.98 Å². The topological polar surface area (TPSA) is 71.0 Å². The van der Waals surface area contributed by atoms with E-state index in [1.807, 2.05) is 86.6 Å². The first kappa shape index (κ1) is 22.0. The van der Waals surface area contributed by atoms with Crippen LogP contribution >= 0.6 is 11.8 Å². The van der Waals surface area contributed by atoms with Crippen molar-refractivity contribution in [1.82, 2.24) is 14.5 Å². The number of rotatable bonds is 5. The third-order valence-electron chi connectivity index (χ3n) is 6.15. The zero-order valence-corrected chi connectivity index (χ0v) is 20.0. The number of nitrogens with one attached hydrogen (secondary N) is 1. The van der Waals surface area contributed by atoms with Crippen molar-refractivity contribution < 1.29 is 4.79 Å². The average molecular weight is 469 g/mol. The fraction of sp³-hybridized carbons (Fsp3) is 0.148. The molecular formula is C27H24N4O2S. The van der Waals surface area contributed by atoms with Crippen molar-refractivity contribution in [2.45, 2.75) is 19.0 Å². The molecule has 5 rings (SSSR count). The molecular weight excluding hydrogens is 444 g/mol. The maximum Gasteiger partial charge on any atom is 0.283 e. The summed E-state index contributed by atoms with van der Waals surface area (Å²) >= 11 is 1.28. The van der Waals surface area contributed by atoms with E-state index in [1.165, 1.54) is 11.8 Å². The number of nitrogens with zero attached hydrogens (tertiary/aromatic N) is 3. The van der Waals surface area contributed by atoms with Crippen LogP contribution in [0.3, 0.4) is 0 Å². The van der Waals surface area contributed by atoms with Crippen LogP contribution < -0.4 is 10.5 Å². The number of hydrogen-bond acceptors (Lipinski definition) is 4. The summed E-state index contributed by atoms with van der Waals surface area (Å²) in [5.74, 6) is 0.0771. The van der Waals surface area contributed by atoms with E-state index in [2.05, 4.69) is 4.98 Å². The highest BCUT2D eigenvalue weighted by Gasteiger charge is 2.20. The summed E-state index contributed by atoms with van der Waals surface area (Å²) in [6.45, 7) is 4.01. The SMILES string of the molecule is Cc1cccc(-n2c(SCC(=O)N(C)c3ccccc3)nc3c([nH]c4ccccc43)c2=O)c1C. The molecule has 34 heavy (non-hydrogen) atoms. The van der Waals surface area contributed by atoms with Crippen molar-refractivity contribution in [3.63, 3.8) is 0 Å². The van der Waals surface area contributed by atoms with Crippen LogP contribution in [0.2, 0.25) is 0 Å². The molecule has 1 amide bonds. The molecule has 2 heterocycles. The number of H-pyrrole nitrogens is 1. The predicted octanol–water partition coefficient (Wildman–Crippen LogP) is 5.24. The zero-order chi connectivity index (χ0) is 23.8. The van der Waals surface area contributed by atoms with Gasteiger partial charge in [0, 0.05) is 23.6 Å². The lowest BCUT2D eigenvalue weighted by Crippen LogP contribution is -2.28. The number of fused-ring (bicyclic) bond motifs is 3. The van der Waals surface area contributed by atoms with Crippen LogP contribution in [0.25, 0.3) is 27.6 Å². The molecule has 3 aromatic carbocycles. The Hall–Kier alpha value is -3.84. The summed E-state index contributed by atoms with van der Waals surface area (Å²) in [4.78, 5) is 36.5. The Morgan fingerprint density at radius 3 is 2.53 bits per heavy atom. The van der Waals surface area contributed by atoms with Crippen LogP contribution in [0.1, 0.15) is 11.1 Å². The summed E-state index contributed by atoms with van der Waals surface area (Å²) in [5, 5.41) is 1.38. The summed E-state index contributed by atoms with van der Waals surface area (Å²) in [7, 11) is 1.76. The highest BCUT2D eigenvalue weighted by Crippen LogP contribution is 2.28. The number of hydrogen-bond donors (Lipinski definition) is 1. The largest absolute Gasteiger partial charge is 0.349 e. The summed E-state index contributed by atoms with van der Waals surface area (Å²) < 4.78 is 1.63. The van der Waals surface area contributed by atoms with Crippen molar-refractivity contribution in [1.29, 1.82) is 0 Å². The third kappa shape index (κ3) is 3.78. The predicted molar refractivity (Wildman–Crippen MR) is 139 cm³/mol. The molecule has 6 nitrogen and oxygen atoms in total. The minimum Gasteiger partial charge on any atom is -0.349 e. The van der Waals surface area contributed by atoms with Gasteiger partial charge < -0.3 is 9.88 Å². The number of aromatic nitrogens is 3. The van der Waals surface area contributed by atoms with Gasteiger partial charge in [0.1, 0.15) is 11.0 Å². The van der Waals surface area contributed by atoms with E-state index >= 15 is 0 Å². The van der Waals surface area contributed by atoms with E-state index in [0.717, 1.165) is 33.4 Å². The average Bonchev–Trinajstić information content (AvgIpc) is 3.24. The molecule has 0 aliphatic rings. The van der Waals surface area contributed by atoms with Crippen molar-refractivity contribution in [2.24, 2.45) is 0 Å². The molecule has 1 N–H and O–H groups in total. The zero-order valence-electron chi connectivity index (χ0n) is 19.2. The van der Waals surface area contributed by atoms with Crippen LogP contribution in [-0.2, 0) is 4.79 Å². The number of benzene rings is 3. The number of thioether (sulfide) groups is 1. The van der Waals surface area contributed by atoms with Gasteiger partial charge in [-0.05, 0) is 49.2 Å². The fourth-order valence-corrected chi connectivity index (χ4v) is 4.96. The lowest BCUT2D eigenvalue weighted by Gasteiger charge is -2.18. The Morgan fingerprint density at radius 2 is 1.74 bits per heavy atom. The van der Waals surface area contributed by atoms with E-state index in [9.17, 15) is 9.59 Å². The van der Waals surface area contributed by atoms with Gasteiger partial charge in [0.2, 0.25) is 5.91 Å². The molecule has 170 valence electrons. The maximum absolute atomic E-state index is 13.8. The molecule has 0 aliphatic heterocycles. The van der Waals surface area contributed by atoms with Gasteiger partial charge in [0.15, 0.2) is 5.16 Å². The molecule has 0 saturated carbocycles. The number of amides is 1. The lowest BCUT2D eigenvalue weighted by molar-refractivity contribution is -0.115. The number of aryl methyl sites for hydroxylation is 1. The van der Waals surface area contributed by atoms with Gasteiger partial charge in [0.05, 0.1) is 11.4 Å². The van der Waals surface area contributed by atoms with Crippen LogP contribution in [0.4, 0.5) is 5.69 Å². The number of para-hydroxylation sites is 2. The van der Waals surface area contributed by atoms with E-state index in [1.54, 1.807) is 16.5 Å². The first-order valence-corrected chi connectivity index (χ1v) is 12.0. The second-order valence-electron chi connectivity index (χ2n) is 8.23. The Balaban J connectivity index is 1.63. The van der Waals surface area contributed by atoms with E-state index < -0.39 is 0 Å². The smallest absolute Gasteiger partial charge is 0.283 e. The monoisotopic (exact) mass is 468 g/mol. The molecule has 0 saturated heterocycles. The Labute approximate surface area is 201 Å². The first-order valence-electron chi connectivity index (χ1n) is 11.0. The van der Waals surface area contributed by atoms with Gasteiger partial charge in [-0.15, -0.1) is 0 Å². The van der Waals surface area contributed by atoms with Crippen LogP contribution in [-0.4, -0.2) is 33.2 Å². The summed E-state index contributed by atoms with van der Waals surface area (Å²) in [6.07, 6.45) is 0. The lowest BCUT2D eigenvalue weighted by atomic mass is 10.1. The highest BCUT2D eigenvalue weighted by atomic mass is 32.2. The Kier molecular flexibility index (Phi) is 5.71. The Morgan fingerprint density at radius 1 is 1.00 bits per heavy atom. The van der Waals surface area contributed by atoms with E-state index in [0.29, 0.717) is 16.2 Å². The molecule has 0 bridgehead atoms. The minimum atomic E-state index is -0.179. The molecule has 0 aliphatic carbocycles. The minimum absolute atomic E-state index is 0.0722. The molecule has 0 atom stereocenters. The number of anilines is 1. The second-order valence-corrected chi connectivity index (χ2v) is 9.17. The molecule has 0 fully saturated rings. The maximum atomic E-state index is 13.8. The second kappa shape index (κ2) is 8.83. The van der Waals surface area contributed by atoms with Crippen LogP contribution in [0.5, 0.6) is 0 Å². The van der Waals surface area contributed by atoms with Crippen molar-refractivity contribution in [2.75, 3.05) is 17.7 Å². The van der Waals surface area contributed by atoms with Gasteiger partial charge in [-0.3, -0.25) is 14.2 Å². The number of aromatic amines is 1.